The second-order valence-corrected chi connectivity index (χ2v) is 5.48. The van der Waals surface area contributed by atoms with Crippen LogP contribution in [0, 0.1) is 12.8 Å². The molecule has 90 valence electrons. The molecule has 0 saturated heterocycles. The Labute approximate surface area is 106 Å². The molecule has 1 heterocycles. The molecule has 3 nitrogen and oxygen atoms in total. The van der Waals surface area contributed by atoms with Gasteiger partial charge in [0, 0.05) is 12.1 Å². The third-order valence-corrected chi connectivity index (χ3v) is 3.38. The smallest absolute Gasteiger partial charge is 0.206 e. The third kappa shape index (κ3) is 3.03. The van der Waals surface area contributed by atoms with Crippen LogP contribution in [0.3, 0.4) is 0 Å². The standard InChI is InChI=1S/C13H17N3S/c1-9(2)8-14-13-16-15-12(17-13)11-7-5-4-6-10(11)3/h4-7,9H,8H2,1-3H3,(H,14,16). The summed E-state index contributed by atoms with van der Waals surface area (Å²) in [6.07, 6.45) is 0. The largest absolute Gasteiger partial charge is 0.360 e. The normalized spacial score (nSPS) is 10.8. The van der Waals surface area contributed by atoms with Crippen molar-refractivity contribution < 1.29 is 0 Å². The predicted molar refractivity (Wildman–Crippen MR) is 73.4 cm³/mol. The predicted octanol–water partition coefficient (Wildman–Crippen LogP) is 3.58. The first-order valence-corrected chi connectivity index (χ1v) is 6.62. The van der Waals surface area contributed by atoms with E-state index in [4.69, 9.17) is 0 Å². The first-order valence-electron chi connectivity index (χ1n) is 5.80. The number of hydrogen-bond acceptors (Lipinski definition) is 4. The van der Waals surface area contributed by atoms with Crippen LogP contribution in [0.5, 0.6) is 0 Å². The molecule has 0 bridgehead atoms. The summed E-state index contributed by atoms with van der Waals surface area (Å²) in [5, 5.41) is 13.6. The highest BCUT2D eigenvalue weighted by atomic mass is 32.1. The highest BCUT2D eigenvalue weighted by molar-refractivity contribution is 7.18. The van der Waals surface area contributed by atoms with Crippen LogP contribution in [0.25, 0.3) is 10.6 Å². The van der Waals surface area contributed by atoms with Gasteiger partial charge in [-0.25, -0.2) is 0 Å². The van der Waals surface area contributed by atoms with Gasteiger partial charge in [0.05, 0.1) is 0 Å². The second kappa shape index (κ2) is 5.27. The molecule has 2 rings (SSSR count). The first-order chi connectivity index (χ1) is 8.16. The van der Waals surface area contributed by atoms with Crippen LogP contribution < -0.4 is 5.32 Å². The van der Waals surface area contributed by atoms with E-state index in [0.29, 0.717) is 5.92 Å². The summed E-state index contributed by atoms with van der Waals surface area (Å²) in [5.41, 5.74) is 2.40. The van der Waals surface area contributed by atoms with Crippen LogP contribution in [0.2, 0.25) is 0 Å². The zero-order valence-electron chi connectivity index (χ0n) is 10.4. The van der Waals surface area contributed by atoms with Crippen molar-refractivity contribution in [3.8, 4) is 10.6 Å². The van der Waals surface area contributed by atoms with Crippen molar-refractivity contribution in [2.24, 2.45) is 5.92 Å². The topological polar surface area (TPSA) is 37.8 Å². The zero-order chi connectivity index (χ0) is 12.3. The molecule has 0 spiro atoms. The van der Waals surface area contributed by atoms with E-state index in [2.05, 4.69) is 48.4 Å². The highest BCUT2D eigenvalue weighted by Gasteiger charge is 2.08. The summed E-state index contributed by atoms with van der Waals surface area (Å²) < 4.78 is 0. The molecule has 0 aliphatic rings. The van der Waals surface area contributed by atoms with Crippen molar-refractivity contribution in [3.63, 3.8) is 0 Å². The molecule has 0 unspecified atom stereocenters. The minimum Gasteiger partial charge on any atom is -0.360 e. The van der Waals surface area contributed by atoms with Crippen molar-refractivity contribution in [1.29, 1.82) is 0 Å². The molecule has 0 amide bonds. The van der Waals surface area contributed by atoms with Crippen molar-refractivity contribution >= 4 is 16.5 Å². The fraction of sp³-hybridized carbons (Fsp3) is 0.385. The van der Waals surface area contributed by atoms with Gasteiger partial charge in [-0.05, 0) is 18.4 Å². The third-order valence-electron chi connectivity index (χ3n) is 2.46. The van der Waals surface area contributed by atoms with E-state index < -0.39 is 0 Å². The number of anilines is 1. The average Bonchev–Trinajstić information content (AvgIpc) is 2.75. The van der Waals surface area contributed by atoms with Gasteiger partial charge in [0.15, 0.2) is 0 Å². The second-order valence-electron chi connectivity index (χ2n) is 4.50. The Hall–Kier alpha value is -1.42. The fourth-order valence-electron chi connectivity index (χ4n) is 1.51. The summed E-state index contributed by atoms with van der Waals surface area (Å²) in [6.45, 7) is 7.38. The Bertz CT molecular complexity index is 491. The summed E-state index contributed by atoms with van der Waals surface area (Å²) in [7, 11) is 0. The molecule has 0 fully saturated rings. The van der Waals surface area contributed by atoms with E-state index in [9.17, 15) is 0 Å². The van der Waals surface area contributed by atoms with Gasteiger partial charge in [-0.1, -0.05) is 49.4 Å². The average molecular weight is 247 g/mol. The number of nitrogens with zero attached hydrogens (tertiary/aromatic N) is 2. The van der Waals surface area contributed by atoms with Crippen molar-refractivity contribution in [2.75, 3.05) is 11.9 Å². The molecule has 0 atom stereocenters. The van der Waals surface area contributed by atoms with Crippen LogP contribution in [-0.2, 0) is 0 Å². The molecule has 1 aromatic carbocycles. The molecule has 0 aliphatic carbocycles. The highest BCUT2D eigenvalue weighted by Crippen LogP contribution is 2.28. The summed E-state index contributed by atoms with van der Waals surface area (Å²) in [4.78, 5) is 0. The van der Waals surface area contributed by atoms with Crippen LogP contribution in [0.15, 0.2) is 24.3 Å². The zero-order valence-corrected chi connectivity index (χ0v) is 11.2. The SMILES string of the molecule is Cc1ccccc1-c1nnc(NCC(C)C)s1. The molecule has 4 heteroatoms. The Balaban J connectivity index is 2.16. The first kappa shape index (κ1) is 12.0. The number of benzene rings is 1. The lowest BCUT2D eigenvalue weighted by Gasteiger charge is -2.03. The minimum atomic E-state index is 0.612. The van der Waals surface area contributed by atoms with E-state index in [0.717, 1.165) is 16.7 Å². The van der Waals surface area contributed by atoms with E-state index in [1.165, 1.54) is 11.1 Å². The maximum Gasteiger partial charge on any atom is 0.206 e. The van der Waals surface area contributed by atoms with Gasteiger partial charge < -0.3 is 5.32 Å². The maximum atomic E-state index is 4.23. The van der Waals surface area contributed by atoms with Gasteiger partial charge in [0.1, 0.15) is 5.01 Å². The molecule has 0 saturated carbocycles. The summed E-state index contributed by atoms with van der Waals surface area (Å²) in [6, 6.07) is 8.25. The van der Waals surface area contributed by atoms with Gasteiger partial charge in [0.2, 0.25) is 5.13 Å². The number of nitrogens with one attached hydrogen (secondary N) is 1. The molecular formula is C13H17N3S. The number of hydrogen-bond donors (Lipinski definition) is 1. The molecule has 17 heavy (non-hydrogen) atoms. The van der Waals surface area contributed by atoms with Gasteiger partial charge in [-0.3, -0.25) is 0 Å². The minimum absolute atomic E-state index is 0.612. The van der Waals surface area contributed by atoms with Crippen molar-refractivity contribution in [2.45, 2.75) is 20.8 Å². The van der Waals surface area contributed by atoms with Gasteiger partial charge in [-0.15, -0.1) is 10.2 Å². The van der Waals surface area contributed by atoms with Crippen molar-refractivity contribution in [3.05, 3.63) is 29.8 Å². The van der Waals surface area contributed by atoms with Gasteiger partial charge >= 0.3 is 0 Å². The molecular weight excluding hydrogens is 230 g/mol. The number of aryl methyl sites for hydroxylation is 1. The Morgan fingerprint density at radius 1 is 1.24 bits per heavy atom. The van der Waals surface area contributed by atoms with Crippen LogP contribution >= 0.6 is 11.3 Å². The lowest BCUT2D eigenvalue weighted by atomic mass is 10.1. The lowest BCUT2D eigenvalue weighted by molar-refractivity contribution is 0.687. The summed E-state index contributed by atoms with van der Waals surface area (Å²) in [5.74, 6) is 0.612. The molecule has 0 aliphatic heterocycles. The lowest BCUT2D eigenvalue weighted by Crippen LogP contribution is -2.07. The Morgan fingerprint density at radius 3 is 2.71 bits per heavy atom. The number of rotatable bonds is 4. The summed E-state index contributed by atoms with van der Waals surface area (Å²) >= 11 is 1.61. The van der Waals surface area contributed by atoms with E-state index in [-0.39, 0.29) is 0 Å². The van der Waals surface area contributed by atoms with E-state index in [1.54, 1.807) is 11.3 Å². The fourth-order valence-corrected chi connectivity index (χ4v) is 2.35. The van der Waals surface area contributed by atoms with Crippen molar-refractivity contribution in [1.82, 2.24) is 10.2 Å². The van der Waals surface area contributed by atoms with Crippen LogP contribution in [0.4, 0.5) is 5.13 Å². The Kier molecular flexibility index (Phi) is 3.74. The van der Waals surface area contributed by atoms with E-state index in [1.807, 2.05) is 12.1 Å². The maximum absolute atomic E-state index is 4.23. The molecule has 2 aromatic rings. The van der Waals surface area contributed by atoms with Gasteiger partial charge in [-0.2, -0.15) is 0 Å². The van der Waals surface area contributed by atoms with E-state index >= 15 is 0 Å². The molecule has 0 radical (unpaired) electrons. The number of aromatic nitrogens is 2. The molecule has 1 N–H and O–H groups in total. The monoisotopic (exact) mass is 247 g/mol. The van der Waals surface area contributed by atoms with Crippen LogP contribution in [-0.4, -0.2) is 16.7 Å². The Morgan fingerprint density at radius 2 is 2.00 bits per heavy atom. The van der Waals surface area contributed by atoms with Crippen LogP contribution in [0.1, 0.15) is 19.4 Å². The van der Waals surface area contributed by atoms with Gasteiger partial charge in [0.25, 0.3) is 0 Å². The quantitative estimate of drug-likeness (QED) is 0.897. The molecule has 1 aromatic heterocycles.